The fraction of sp³-hybridized carbons (Fsp3) is 0.647. The van der Waals surface area contributed by atoms with Gasteiger partial charge in [0.2, 0.25) is 0 Å². The molecule has 0 spiro atoms. The summed E-state index contributed by atoms with van der Waals surface area (Å²) in [7, 11) is 0. The zero-order valence-electron chi connectivity index (χ0n) is 10.9. The van der Waals surface area contributed by atoms with E-state index in [0.29, 0.717) is 0 Å². The molecule has 0 amide bonds. The second-order valence-electron chi connectivity index (χ2n) is 6.61. The number of aliphatic hydroxyl groups is 1. The van der Waals surface area contributed by atoms with E-state index in [1.54, 1.807) is 5.57 Å². The maximum absolute atomic E-state index is 9.86. The summed E-state index contributed by atoms with van der Waals surface area (Å²) in [6.45, 7) is 0. The molecule has 1 N–H and O–H groups in total. The Labute approximate surface area is 109 Å². The van der Waals surface area contributed by atoms with Crippen LogP contribution in [0.5, 0.6) is 0 Å². The first-order chi connectivity index (χ1) is 8.83. The van der Waals surface area contributed by atoms with Gasteiger partial charge in [-0.15, -0.1) is 0 Å². The van der Waals surface area contributed by atoms with E-state index in [1.807, 2.05) is 0 Å². The van der Waals surface area contributed by atoms with E-state index >= 15 is 0 Å². The monoisotopic (exact) mass is 242 g/mol. The molecule has 5 atom stereocenters. The summed E-state index contributed by atoms with van der Waals surface area (Å²) >= 11 is 0. The van der Waals surface area contributed by atoms with Gasteiger partial charge in [-0.3, -0.25) is 0 Å². The summed E-state index contributed by atoms with van der Waals surface area (Å²) < 4.78 is 0. The molecular formula is C17H22O. The first kappa shape index (κ1) is 11.0. The van der Waals surface area contributed by atoms with Crippen molar-refractivity contribution in [3.63, 3.8) is 0 Å². The summed E-state index contributed by atoms with van der Waals surface area (Å²) in [6.07, 6.45) is 16.6. The minimum absolute atomic E-state index is 0.00939. The minimum atomic E-state index is -0.00939. The van der Waals surface area contributed by atoms with E-state index in [2.05, 4.69) is 24.3 Å². The number of fused-ring (bicyclic) bond motifs is 5. The van der Waals surface area contributed by atoms with E-state index in [1.165, 1.54) is 31.3 Å². The van der Waals surface area contributed by atoms with Crippen LogP contribution in [0.3, 0.4) is 0 Å². The van der Waals surface area contributed by atoms with Crippen molar-refractivity contribution >= 4 is 0 Å². The molecule has 0 bridgehead atoms. The fourth-order valence-corrected chi connectivity index (χ4v) is 5.02. The minimum Gasteiger partial charge on any atom is -0.393 e. The van der Waals surface area contributed by atoms with Gasteiger partial charge in [0.05, 0.1) is 6.10 Å². The van der Waals surface area contributed by atoms with Crippen molar-refractivity contribution in [2.45, 2.75) is 44.6 Å². The summed E-state index contributed by atoms with van der Waals surface area (Å²) in [4.78, 5) is 0. The lowest BCUT2D eigenvalue weighted by atomic mass is 9.57. The Hall–Kier alpha value is -0.820. The highest BCUT2D eigenvalue weighted by molar-refractivity contribution is 5.51. The van der Waals surface area contributed by atoms with Gasteiger partial charge in [0.15, 0.2) is 0 Å². The zero-order valence-corrected chi connectivity index (χ0v) is 10.9. The van der Waals surface area contributed by atoms with Gasteiger partial charge in [-0.2, -0.15) is 0 Å². The van der Waals surface area contributed by atoms with Crippen LogP contribution in [0.25, 0.3) is 0 Å². The van der Waals surface area contributed by atoms with Crippen molar-refractivity contribution in [3.8, 4) is 0 Å². The molecule has 5 unspecified atom stereocenters. The summed E-state index contributed by atoms with van der Waals surface area (Å²) in [5.74, 6) is 3.37. The molecule has 0 radical (unpaired) electrons. The molecule has 0 aromatic rings. The smallest absolute Gasteiger partial charge is 0.0543 e. The molecule has 0 aliphatic heterocycles. The largest absolute Gasteiger partial charge is 0.393 e. The van der Waals surface area contributed by atoms with Crippen molar-refractivity contribution in [2.24, 2.45) is 23.7 Å². The standard InChI is InChI=1S/C17H22O/c18-13-6-9-15-12(10-13)5-8-16-14-3-1-2-11(14)4-7-17(15)16/h1-4,12-13,15-18H,5-10H2. The third kappa shape index (κ3) is 1.56. The lowest BCUT2D eigenvalue weighted by molar-refractivity contribution is 0.00493. The number of hydrogen-bond acceptors (Lipinski definition) is 1. The highest BCUT2D eigenvalue weighted by Crippen LogP contribution is 2.53. The molecule has 1 heteroatoms. The van der Waals surface area contributed by atoms with Crippen molar-refractivity contribution in [2.75, 3.05) is 0 Å². The first-order valence-corrected chi connectivity index (χ1v) is 7.60. The average Bonchev–Trinajstić information content (AvgIpc) is 2.86. The molecule has 0 heterocycles. The Kier molecular flexibility index (Phi) is 2.51. The molecule has 0 aromatic carbocycles. The summed E-state index contributed by atoms with van der Waals surface area (Å²) in [6, 6.07) is 0. The predicted octanol–water partition coefficient (Wildman–Crippen LogP) is 3.62. The molecule has 2 saturated carbocycles. The Bertz CT molecular complexity index is 443. The lowest BCUT2D eigenvalue weighted by Crippen LogP contribution is -2.41. The van der Waals surface area contributed by atoms with Gasteiger partial charge in [0, 0.05) is 0 Å². The van der Waals surface area contributed by atoms with Gasteiger partial charge < -0.3 is 5.11 Å². The SMILES string of the molecule is OC1CCC2C(CCC3C4=CC=CC4=CCC32)C1. The summed E-state index contributed by atoms with van der Waals surface area (Å²) in [5, 5.41) is 9.86. The van der Waals surface area contributed by atoms with Crippen LogP contribution in [-0.2, 0) is 0 Å². The molecule has 4 aliphatic rings. The van der Waals surface area contributed by atoms with Crippen LogP contribution in [0.15, 0.2) is 35.5 Å². The van der Waals surface area contributed by atoms with Gasteiger partial charge in [-0.1, -0.05) is 24.3 Å². The van der Waals surface area contributed by atoms with Gasteiger partial charge in [0.25, 0.3) is 0 Å². The quantitative estimate of drug-likeness (QED) is 0.688. The fourth-order valence-electron chi connectivity index (χ4n) is 5.02. The molecule has 0 aromatic heterocycles. The van der Waals surface area contributed by atoms with E-state index in [0.717, 1.165) is 36.5 Å². The molecule has 2 fully saturated rings. The number of aliphatic hydroxyl groups excluding tert-OH is 1. The zero-order chi connectivity index (χ0) is 12.1. The van der Waals surface area contributed by atoms with Crippen LogP contribution in [0.2, 0.25) is 0 Å². The van der Waals surface area contributed by atoms with E-state index in [9.17, 15) is 5.11 Å². The molecule has 0 saturated heterocycles. The number of rotatable bonds is 0. The van der Waals surface area contributed by atoms with Crippen LogP contribution in [0, 0.1) is 23.7 Å². The van der Waals surface area contributed by atoms with E-state index in [4.69, 9.17) is 0 Å². The van der Waals surface area contributed by atoms with Crippen molar-refractivity contribution < 1.29 is 5.11 Å². The van der Waals surface area contributed by atoms with Gasteiger partial charge in [0.1, 0.15) is 0 Å². The van der Waals surface area contributed by atoms with Crippen LogP contribution >= 0.6 is 0 Å². The maximum Gasteiger partial charge on any atom is 0.0543 e. The predicted molar refractivity (Wildman–Crippen MR) is 73.0 cm³/mol. The number of allylic oxidation sites excluding steroid dienone is 6. The molecule has 4 rings (SSSR count). The third-order valence-electron chi connectivity index (χ3n) is 5.82. The molecular weight excluding hydrogens is 220 g/mol. The maximum atomic E-state index is 9.86. The second kappa shape index (κ2) is 4.09. The van der Waals surface area contributed by atoms with Crippen LogP contribution in [0.4, 0.5) is 0 Å². The topological polar surface area (TPSA) is 20.2 Å². The van der Waals surface area contributed by atoms with Crippen LogP contribution in [0.1, 0.15) is 38.5 Å². The Balaban J connectivity index is 1.62. The Morgan fingerprint density at radius 2 is 2.00 bits per heavy atom. The highest BCUT2D eigenvalue weighted by atomic mass is 16.3. The van der Waals surface area contributed by atoms with Gasteiger partial charge >= 0.3 is 0 Å². The van der Waals surface area contributed by atoms with Crippen molar-refractivity contribution in [3.05, 3.63) is 35.5 Å². The second-order valence-corrected chi connectivity index (χ2v) is 6.61. The normalized spacial score (nSPS) is 45.7. The van der Waals surface area contributed by atoms with Crippen molar-refractivity contribution in [1.29, 1.82) is 0 Å². The van der Waals surface area contributed by atoms with Gasteiger partial charge in [-0.25, -0.2) is 0 Å². The van der Waals surface area contributed by atoms with E-state index in [-0.39, 0.29) is 6.10 Å². The van der Waals surface area contributed by atoms with E-state index < -0.39 is 0 Å². The Morgan fingerprint density at radius 1 is 1.06 bits per heavy atom. The first-order valence-electron chi connectivity index (χ1n) is 7.60. The molecule has 1 nitrogen and oxygen atoms in total. The highest BCUT2D eigenvalue weighted by Gasteiger charge is 2.44. The summed E-state index contributed by atoms with van der Waals surface area (Å²) in [5.41, 5.74) is 3.13. The van der Waals surface area contributed by atoms with Crippen LogP contribution < -0.4 is 0 Å². The average molecular weight is 242 g/mol. The Morgan fingerprint density at radius 3 is 2.94 bits per heavy atom. The molecule has 96 valence electrons. The van der Waals surface area contributed by atoms with Crippen LogP contribution in [-0.4, -0.2) is 11.2 Å². The van der Waals surface area contributed by atoms with Crippen molar-refractivity contribution in [1.82, 2.24) is 0 Å². The molecule has 18 heavy (non-hydrogen) atoms. The number of hydrogen-bond donors (Lipinski definition) is 1. The van der Waals surface area contributed by atoms with Gasteiger partial charge in [-0.05, 0) is 73.3 Å². The molecule has 4 aliphatic carbocycles. The third-order valence-corrected chi connectivity index (χ3v) is 5.82. The lowest BCUT2D eigenvalue weighted by Gasteiger charge is -2.48.